The number of halogens is 1. The van der Waals surface area contributed by atoms with Crippen LogP contribution in [0, 0.1) is 11.8 Å². The molecule has 0 spiro atoms. The van der Waals surface area contributed by atoms with Gasteiger partial charge in [0, 0.05) is 5.33 Å². The Balaban J connectivity index is 1.79. The van der Waals surface area contributed by atoms with E-state index in [1.165, 1.54) is 64.2 Å². The maximum atomic E-state index is 6.42. The quantitative estimate of drug-likeness (QED) is 0.504. The lowest BCUT2D eigenvalue weighted by Crippen LogP contribution is -2.39. The van der Waals surface area contributed by atoms with Crippen molar-refractivity contribution in [3.05, 3.63) is 0 Å². The molecule has 2 fully saturated rings. The molecule has 0 heterocycles. The molecule has 0 unspecified atom stereocenters. The van der Waals surface area contributed by atoms with Gasteiger partial charge < -0.3 is 4.74 Å². The molecule has 2 saturated carbocycles. The van der Waals surface area contributed by atoms with Gasteiger partial charge in [0.25, 0.3) is 0 Å². The molecule has 0 atom stereocenters. The van der Waals surface area contributed by atoms with Crippen LogP contribution >= 0.6 is 15.9 Å². The van der Waals surface area contributed by atoms with E-state index < -0.39 is 0 Å². The fourth-order valence-electron chi connectivity index (χ4n) is 3.43. The maximum absolute atomic E-state index is 6.42. The van der Waals surface area contributed by atoms with Crippen LogP contribution in [0.25, 0.3) is 0 Å². The summed E-state index contributed by atoms with van der Waals surface area (Å²) in [4.78, 5) is 0. The van der Waals surface area contributed by atoms with Crippen molar-refractivity contribution >= 4 is 15.9 Å². The maximum Gasteiger partial charge on any atom is 0.0779 e. The number of hydrogen-bond donors (Lipinski definition) is 0. The highest BCUT2D eigenvalue weighted by molar-refractivity contribution is 9.09. The molecule has 18 heavy (non-hydrogen) atoms. The highest BCUT2D eigenvalue weighted by atomic mass is 79.9. The van der Waals surface area contributed by atoms with Crippen molar-refractivity contribution in [2.24, 2.45) is 11.8 Å². The molecule has 0 radical (unpaired) electrons. The normalized spacial score (nSPS) is 35.3. The summed E-state index contributed by atoms with van der Waals surface area (Å²) in [5.41, 5.74) is 0.165. The van der Waals surface area contributed by atoms with Crippen LogP contribution < -0.4 is 0 Å². The van der Waals surface area contributed by atoms with Gasteiger partial charge in [-0.3, -0.25) is 0 Å². The van der Waals surface area contributed by atoms with Crippen LogP contribution in [-0.4, -0.2) is 17.5 Å². The van der Waals surface area contributed by atoms with Gasteiger partial charge in [0.1, 0.15) is 0 Å². The zero-order valence-corrected chi connectivity index (χ0v) is 13.5. The Labute approximate surface area is 121 Å². The first-order valence-electron chi connectivity index (χ1n) is 7.94. The first-order valence-corrected chi connectivity index (χ1v) is 9.06. The minimum atomic E-state index is 0.165. The van der Waals surface area contributed by atoms with Gasteiger partial charge in [0.2, 0.25) is 0 Å². The monoisotopic (exact) mass is 316 g/mol. The second-order valence-electron chi connectivity index (χ2n) is 6.67. The topological polar surface area (TPSA) is 9.23 Å². The summed E-state index contributed by atoms with van der Waals surface area (Å²) in [6, 6.07) is 0. The van der Waals surface area contributed by atoms with Gasteiger partial charge in [0.05, 0.1) is 12.2 Å². The minimum absolute atomic E-state index is 0.165. The summed E-state index contributed by atoms with van der Waals surface area (Å²) < 4.78 is 6.42. The van der Waals surface area contributed by atoms with Gasteiger partial charge in [-0.15, -0.1) is 0 Å². The lowest BCUT2D eigenvalue weighted by Gasteiger charge is -2.39. The van der Waals surface area contributed by atoms with E-state index in [9.17, 15) is 0 Å². The Hall–Kier alpha value is 0.440. The van der Waals surface area contributed by atoms with Gasteiger partial charge in [-0.2, -0.15) is 0 Å². The Morgan fingerprint density at radius 1 is 1.00 bits per heavy atom. The average Bonchev–Trinajstić information content (AvgIpc) is 2.67. The molecular weight excluding hydrogens is 288 g/mol. The highest BCUT2D eigenvalue weighted by Crippen LogP contribution is 2.37. The Bertz CT molecular complexity index is 225. The predicted molar refractivity (Wildman–Crippen MR) is 81.3 cm³/mol. The molecule has 0 aromatic rings. The number of rotatable bonds is 4. The van der Waals surface area contributed by atoms with Crippen molar-refractivity contribution in [2.45, 2.75) is 76.7 Å². The molecule has 0 N–H and O–H groups in total. The molecule has 1 nitrogen and oxygen atoms in total. The van der Waals surface area contributed by atoms with E-state index in [4.69, 9.17) is 4.74 Å². The molecule has 0 saturated heterocycles. The van der Waals surface area contributed by atoms with Crippen LogP contribution in [0.2, 0.25) is 0 Å². The van der Waals surface area contributed by atoms with Crippen LogP contribution in [0.15, 0.2) is 0 Å². The predicted octanol–water partition coefficient (Wildman–Crippen LogP) is 5.32. The Morgan fingerprint density at radius 2 is 1.61 bits per heavy atom. The molecule has 2 aliphatic carbocycles. The fourth-order valence-corrected chi connectivity index (χ4v) is 4.15. The molecule has 2 aliphatic rings. The summed E-state index contributed by atoms with van der Waals surface area (Å²) in [5.74, 6) is 1.74. The van der Waals surface area contributed by atoms with Gasteiger partial charge in [0.15, 0.2) is 0 Å². The number of hydrogen-bond acceptors (Lipinski definition) is 1. The second-order valence-corrected chi connectivity index (χ2v) is 7.23. The SMILES string of the molecule is CC1CCC(CBr)(OCC2CCCCCC2)CC1. The van der Waals surface area contributed by atoms with Crippen LogP contribution in [0.3, 0.4) is 0 Å². The molecule has 0 bridgehead atoms. The fraction of sp³-hybridized carbons (Fsp3) is 1.00. The molecule has 2 rings (SSSR count). The summed E-state index contributed by atoms with van der Waals surface area (Å²) in [6.45, 7) is 3.39. The van der Waals surface area contributed by atoms with Crippen molar-refractivity contribution in [1.29, 1.82) is 0 Å². The van der Waals surface area contributed by atoms with E-state index in [0.717, 1.165) is 23.8 Å². The van der Waals surface area contributed by atoms with Crippen molar-refractivity contribution < 1.29 is 4.74 Å². The lowest BCUT2D eigenvalue weighted by molar-refractivity contribution is -0.0738. The highest BCUT2D eigenvalue weighted by Gasteiger charge is 2.34. The molecular formula is C16H29BrO. The van der Waals surface area contributed by atoms with Crippen LogP contribution in [0.5, 0.6) is 0 Å². The smallest absolute Gasteiger partial charge is 0.0779 e. The Morgan fingerprint density at radius 3 is 2.17 bits per heavy atom. The molecule has 0 amide bonds. The third kappa shape index (κ3) is 4.23. The molecule has 0 aliphatic heterocycles. The largest absolute Gasteiger partial charge is 0.374 e. The van der Waals surface area contributed by atoms with Crippen molar-refractivity contribution in [1.82, 2.24) is 0 Å². The van der Waals surface area contributed by atoms with E-state index in [-0.39, 0.29) is 5.60 Å². The average molecular weight is 317 g/mol. The minimum Gasteiger partial charge on any atom is -0.374 e. The molecule has 106 valence electrons. The van der Waals surface area contributed by atoms with Crippen LogP contribution in [-0.2, 0) is 4.74 Å². The molecule has 2 heteroatoms. The summed E-state index contributed by atoms with van der Waals surface area (Å²) in [6.07, 6.45) is 13.7. The van der Waals surface area contributed by atoms with Gasteiger partial charge in [-0.25, -0.2) is 0 Å². The van der Waals surface area contributed by atoms with Gasteiger partial charge in [-0.05, 0) is 50.4 Å². The van der Waals surface area contributed by atoms with E-state index in [1.807, 2.05) is 0 Å². The van der Waals surface area contributed by atoms with Gasteiger partial charge >= 0.3 is 0 Å². The van der Waals surface area contributed by atoms with Crippen LogP contribution in [0.4, 0.5) is 0 Å². The Kier molecular flexibility index (Phi) is 6.00. The molecule has 0 aromatic carbocycles. The molecule has 0 aromatic heterocycles. The first-order chi connectivity index (χ1) is 8.74. The zero-order chi connectivity index (χ0) is 12.8. The van der Waals surface area contributed by atoms with E-state index in [2.05, 4.69) is 22.9 Å². The van der Waals surface area contributed by atoms with Crippen molar-refractivity contribution in [3.63, 3.8) is 0 Å². The third-order valence-corrected chi connectivity index (χ3v) is 6.05. The zero-order valence-electron chi connectivity index (χ0n) is 11.9. The summed E-state index contributed by atoms with van der Waals surface area (Å²) in [5, 5.41) is 1.03. The standard InChI is InChI=1S/C16H29BrO/c1-14-8-10-16(13-17,11-9-14)18-12-15-6-4-2-3-5-7-15/h14-15H,2-13H2,1H3. The summed E-state index contributed by atoms with van der Waals surface area (Å²) in [7, 11) is 0. The van der Waals surface area contributed by atoms with Crippen molar-refractivity contribution in [3.8, 4) is 0 Å². The van der Waals surface area contributed by atoms with E-state index in [0.29, 0.717) is 0 Å². The third-order valence-electron chi connectivity index (χ3n) is 5.03. The first kappa shape index (κ1) is 14.8. The van der Waals surface area contributed by atoms with E-state index in [1.54, 1.807) is 0 Å². The van der Waals surface area contributed by atoms with Gasteiger partial charge in [-0.1, -0.05) is 48.5 Å². The van der Waals surface area contributed by atoms with Crippen LogP contribution in [0.1, 0.15) is 71.1 Å². The lowest BCUT2D eigenvalue weighted by atomic mass is 9.80. The number of ether oxygens (including phenoxy) is 1. The van der Waals surface area contributed by atoms with E-state index >= 15 is 0 Å². The second kappa shape index (κ2) is 7.28. The summed E-state index contributed by atoms with van der Waals surface area (Å²) >= 11 is 3.70. The van der Waals surface area contributed by atoms with Crippen molar-refractivity contribution in [2.75, 3.05) is 11.9 Å². The number of alkyl halides is 1.